The van der Waals surface area contributed by atoms with E-state index in [9.17, 15) is 39.3 Å². The Morgan fingerprint density at radius 2 is 1.50 bits per heavy atom. The van der Waals surface area contributed by atoms with E-state index >= 15 is 0 Å². The quantitative estimate of drug-likeness (QED) is 0.190. The van der Waals surface area contributed by atoms with Crippen molar-refractivity contribution in [2.75, 3.05) is 13.2 Å². The zero-order chi connectivity index (χ0) is 29.7. The van der Waals surface area contributed by atoms with Gasteiger partial charge in [-0.3, -0.25) is 24.0 Å². The highest BCUT2D eigenvalue weighted by atomic mass is 35.5. The zero-order valence-corrected chi connectivity index (χ0v) is 23.3. The first-order chi connectivity index (χ1) is 18.8. The first kappa shape index (κ1) is 31.6. The lowest BCUT2D eigenvalue weighted by Gasteiger charge is -2.32. The summed E-state index contributed by atoms with van der Waals surface area (Å²) in [6.45, 7) is 1.46. The number of aliphatic hydroxyl groups is 3. The Bertz CT molecular complexity index is 1110. The number of carbonyl (C=O) groups is 5. The lowest BCUT2D eigenvalue weighted by molar-refractivity contribution is -0.145. The van der Waals surface area contributed by atoms with Crippen LogP contribution in [0.2, 0.25) is 0 Å². The fourth-order valence-electron chi connectivity index (χ4n) is 4.58. The summed E-state index contributed by atoms with van der Waals surface area (Å²) < 4.78 is 0. The number of hydrogen-bond donors (Lipinski definition) is 7. The minimum atomic E-state index is -1.60. The Hall–Kier alpha value is -2.97. The summed E-state index contributed by atoms with van der Waals surface area (Å²) in [5.41, 5.74) is 0.513. The van der Waals surface area contributed by atoms with Gasteiger partial charge in [-0.15, -0.1) is 23.2 Å². The van der Waals surface area contributed by atoms with E-state index < -0.39 is 89.3 Å². The van der Waals surface area contributed by atoms with Gasteiger partial charge < -0.3 is 41.5 Å². The number of hydrogen-bond acceptors (Lipinski definition) is 8. The van der Waals surface area contributed by atoms with Gasteiger partial charge in [-0.25, -0.2) is 0 Å². The lowest BCUT2D eigenvalue weighted by atomic mass is 10.0. The Balaban J connectivity index is 2.06. The van der Waals surface area contributed by atoms with Crippen LogP contribution in [0, 0.1) is 0 Å². The van der Waals surface area contributed by atoms with Gasteiger partial charge in [0.25, 0.3) is 0 Å². The molecule has 220 valence electrons. The number of halogens is 2. The summed E-state index contributed by atoms with van der Waals surface area (Å²) in [6, 6.07) is 1.39. The highest BCUT2D eigenvalue weighted by Crippen LogP contribution is 2.29. The molecule has 2 fully saturated rings. The Kier molecular flexibility index (Phi) is 10.7. The minimum Gasteiger partial charge on any atom is -0.394 e. The molecule has 0 aliphatic carbocycles. The van der Waals surface area contributed by atoms with Crippen LogP contribution >= 0.6 is 23.2 Å². The number of rotatable bonds is 4. The van der Waals surface area contributed by atoms with E-state index in [-0.39, 0.29) is 13.0 Å². The molecule has 0 saturated carbocycles. The summed E-state index contributed by atoms with van der Waals surface area (Å²) in [4.78, 5) is 67.1. The number of nitrogens with one attached hydrogen (secondary N) is 4. The molecule has 9 atom stereocenters. The molecule has 1 aromatic carbocycles. The SMILES string of the molecule is C[C@H](O)C1NC(=O)[C@@H]2[C@H](Cl)[C@H](Cl)CN2C(=O)C([C@H](C)O)NC(=O)C[C@H](c2ccccc2)NC(=O)[C@H](CO)NC1=O. The fourth-order valence-corrected chi connectivity index (χ4v) is 5.20. The molecular weight excluding hydrogens is 569 g/mol. The van der Waals surface area contributed by atoms with Crippen LogP contribution in [0.1, 0.15) is 31.9 Å². The van der Waals surface area contributed by atoms with Crippen LogP contribution in [0.15, 0.2) is 30.3 Å². The Morgan fingerprint density at radius 3 is 2.08 bits per heavy atom. The third-order valence-corrected chi connectivity index (χ3v) is 7.84. The highest BCUT2D eigenvalue weighted by molar-refractivity contribution is 6.32. The molecule has 2 aliphatic rings. The molecule has 40 heavy (non-hydrogen) atoms. The van der Waals surface area contributed by atoms with Gasteiger partial charge in [0.2, 0.25) is 29.5 Å². The predicted octanol–water partition coefficient (Wildman–Crippen LogP) is -2.12. The summed E-state index contributed by atoms with van der Waals surface area (Å²) in [7, 11) is 0. The number of amides is 5. The molecule has 1 aromatic rings. The van der Waals surface area contributed by atoms with Gasteiger partial charge in [-0.2, -0.15) is 0 Å². The number of benzene rings is 1. The number of nitrogens with zero attached hydrogens (tertiary/aromatic N) is 1. The fraction of sp³-hybridized carbons (Fsp3) is 0.560. The van der Waals surface area contributed by atoms with Crippen LogP contribution in [0.4, 0.5) is 0 Å². The van der Waals surface area contributed by atoms with Crippen molar-refractivity contribution in [3.63, 3.8) is 0 Å². The molecule has 5 amide bonds. The first-order valence-corrected chi connectivity index (χ1v) is 13.5. The largest absolute Gasteiger partial charge is 0.394 e. The topological polar surface area (TPSA) is 197 Å². The molecule has 0 spiro atoms. The monoisotopic (exact) mass is 601 g/mol. The molecule has 2 heterocycles. The van der Waals surface area contributed by atoms with Gasteiger partial charge in [-0.1, -0.05) is 30.3 Å². The summed E-state index contributed by atoms with van der Waals surface area (Å²) in [6.07, 6.45) is -3.24. The molecule has 7 N–H and O–H groups in total. The van der Waals surface area contributed by atoms with Gasteiger partial charge in [0.05, 0.1) is 42.0 Å². The van der Waals surface area contributed by atoms with E-state index in [0.29, 0.717) is 5.56 Å². The average molecular weight is 602 g/mol. The molecular formula is C25H33Cl2N5O8. The molecule has 3 rings (SSSR count). The zero-order valence-electron chi connectivity index (χ0n) is 21.8. The van der Waals surface area contributed by atoms with E-state index in [1.54, 1.807) is 30.3 Å². The van der Waals surface area contributed by atoms with Crippen molar-refractivity contribution in [3.05, 3.63) is 35.9 Å². The standard InChI is InChI=1S/C25H33Cl2N5O8/c1-11(34)19-23(38)29-16(10-33)22(37)28-15(13-6-4-3-5-7-13)8-17(36)30-20(12(2)35)25(40)32-9-14(26)18(27)21(32)24(39)31-19/h3-7,11-12,14-16,18-21,33-35H,8-10H2,1-2H3,(H,28,37)(H,29,38)(H,30,36)(H,31,39)/t11-,12-,14+,15+,16-,18+,19?,20?,21-/m0/s1. The number of fused-ring (bicyclic) bond motifs is 1. The predicted molar refractivity (Wildman–Crippen MR) is 143 cm³/mol. The molecule has 0 aromatic heterocycles. The van der Waals surface area contributed by atoms with Crippen LogP contribution < -0.4 is 21.3 Å². The molecule has 0 radical (unpaired) electrons. The lowest BCUT2D eigenvalue weighted by Crippen LogP contribution is -2.62. The number of aliphatic hydroxyl groups excluding tert-OH is 3. The normalized spacial score (nSPS) is 32.3. The minimum absolute atomic E-state index is 0.202. The summed E-state index contributed by atoms with van der Waals surface area (Å²) in [5, 5.41) is 38.2. The van der Waals surface area contributed by atoms with Crippen LogP contribution in [0.5, 0.6) is 0 Å². The maximum absolute atomic E-state index is 13.5. The second-order valence-electron chi connectivity index (χ2n) is 9.83. The molecule has 0 bridgehead atoms. The second kappa shape index (κ2) is 13.6. The van der Waals surface area contributed by atoms with Crippen LogP contribution in [0.25, 0.3) is 0 Å². The third kappa shape index (κ3) is 7.21. The van der Waals surface area contributed by atoms with E-state index in [1.165, 1.54) is 13.8 Å². The molecule has 13 nitrogen and oxygen atoms in total. The van der Waals surface area contributed by atoms with Crippen molar-refractivity contribution in [2.24, 2.45) is 0 Å². The summed E-state index contributed by atoms with van der Waals surface area (Å²) >= 11 is 12.7. The maximum Gasteiger partial charge on any atom is 0.248 e. The van der Waals surface area contributed by atoms with Gasteiger partial charge in [0.1, 0.15) is 24.2 Å². The van der Waals surface area contributed by atoms with E-state index in [2.05, 4.69) is 21.3 Å². The highest BCUT2D eigenvalue weighted by Gasteiger charge is 2.49. The van der Waals surface area contributed by atoms with E-state index in [0.717, 1.165) is 4.90 Å². The van der Waals surface area contributed by atoms with Gasteiger partial charge in [-0.05, 0) is 19.4 Å². The maximum atomic E-state index is 13.5. The first-order valence-electron chi connectivity index (χ1n) is 12.7. The second-order valence-corrected chi connectivity index (χ2v) is 10.9. The Morgan fingerprint density at radius 1 is 0.875 bits per heavy atom. The molecule has 2 unspecified atom stereocenters. The summed E-state index contributed by atoms with van der Waals surface area (Å²) in [5.74, 6) is -4.34. The van der Waals surface area contributed by atoms with Crippen molar-refractivity contribution in [3.8, 4) is 0 Å². The number of carbonyl (C=O) groups excluding carboxylic acids is 5. The van der Waals surface area contributed by atoms with Crippen molar-refractivity contribution in [2.45, 2.75) is 73.4 Å². The molecule has 2 saturated heterocycles. The Labute approximate surface area is 240 Å². The van der Waals surface area contributed by atoms with E-state index in [1.807, 2.05) is 0 Å². The van der Waals surface area contributed by atoms with Gasteiger partial charge >= 0.3 is 0 Å². The van der Waals surface area contributed by atoms with Crippen molar-refractivity contribution in [1.82, 2.24) is 26.2 Å². The van der Waals surface area contributed by atoms with Gasteiger partial charge in [0.15, 0.2) is 0 Å². The molecule has 2 aliphatic heterocycles. The van der Waals surface area contributed by atoms with Crippen LogP contribution in [-0.4, -0.2) is 110 Å². The average Bonchev–Trinajstić information content (AvgIpc) is 3.21. The van der Waals surface area contributed by atoms with Crippen LogP contribution in [0.3, 0.4) is 0 Å². The smallest absolute Gasteiger partial charge is 0.248 e. The molecule has 15 heteroatoms. The van der Waals surface area contributed by atoms with Gasteiger partial charge in [0, 0.05) is 6.54 Å². The van der Waals surface area contributed by atoms with Crippen molar-refractivity contribution >= 4 is 52.7 Å². The van der Waals surface area contributed by atoms with E-state index in [4.69, 9.17) is 23.2 Å². The number of alkyl halides is 2. The van der Waals surface area contributed by atoms with Crippen molar-refractivity contribution < 1.29 is 39.3 Å². The van der Waals surface area contributed by atoms with Crippen molar-refractivity contribution in [1.29, 1.82) is 0 Å². The third-order valence-electron chi connectivity index (χ3n) is 6.76. The van der Waals surface area contributed by atoms with Crippen LogP contribution in [-0.2, 0) is 24.0 Å².